The van der Waals surface area contributed by atoms with Crippen LogP contribution in [-0.2, 0) is 9.84 Å². The Bertz CT molecular complexity index is 2570. The van der Waals surface area contributed by atoms with Crippen LogP contribution in [0.4, 0.5) is 0 Å². The first-order chi connectivity index (χ1) is 22.6. The second-order valence-corrected chi connectivity index (χ2v) is 15.4. The number of benzene rings is 6. The topological polar surface area (TPSA) is 34.1 Å². The van der Waals surface area contributed by atoms with E-state index in [-0.39, 0.29) is 0 Å². The van der Waals surface area contributed by atoms with Crippen molar-refractivity contribution in [3.05, 3.63) is 174 Å². The van der Waals surface area contributed by atoms with Gasteiger partial charge in [-0.05, 0) is 119 Å². The fourth-order valence-corrected chi connectivity index (χ4v) is 11.1. The molecule has 47 heavy (non-hydrogen) atoms. The fraction of sp³-hybridized carbons (Fsp3) is 0.136. The summed E-state index contributed by atoms with van der Waals surface area (Å²) in [7, 11) is -3.89. The third-order valence-electron chi connectivity index (χ3n) is 10.5. The van der Waals surface area contributed by atoms with Crippen LogP contribution in [0.2, 0.25) is 0 Å². The quantitative estimate of drug-likeness (QED) is 0.193. The standard InChI is InChI=1S/C44H34O2S/c1-23-19-25(3)37(26(4)20-23)39-29-11-7-9-13-31(29)41-35(39)17-15-33-34-16-18-36-40(38-27(5)21-24(2)22-28(38)6)30-12-8-10-14-32(30)42(36)44(34)47(45,46)43(33)41/h7-22H,1-6H3. The third-order valence-corrected chi connectivity index (χ3v) is 12.4. The highest BCUT2D eigenvalue weighted by molar-refractivity contribution is 7.92. The number of rotatable bonds is 2. The van der Waals surface area contributed by atoms with Crippen molar-refractivity contribution in [2.75, 3.05) is 0 Å². The average Bonchev–Trinajstić information content (AvgIpc) is 3.60. The summed E-state index contributed by atoms with van der Waals surface area (Å²) in [6.45, 7) is 12.9. The Morgan fingerprint density at radius 1 is 0.383 bits per heavy atom. The van der Waals surface area contributed by atoms with Crippen molar-refractivity contribution in [3.8, 4) is 22.3 Å². The lowest BCUT2D eigenvalue weighted by Crippen LogP contribution is -2.14. The second-order valence-electron chi connectivity index (χ2n) is 13.6. The molecule has 3 heteroatoms. The fourth-order valence-electron chi connectivity index (χ4n) is 9.02. The predicted octanol–water partition coefficient (Wildman–Crippen LogP) is 8.43. The van der Waals surface area contributed by atoms with Crippen LogP contribution < -0.4 is 10.4 Å². The smallest absolute Gasteiger partial charge is 0.209 e. The highest BCUT2D eigenvalue weighted by Gasteiger charge is 2.39. The van der Waals surface area contributed by atoms with Crippen molar-refractivity contribution >= 4 is 21.0 Å². The van der Waals surface area contributed by atoms with E-state index in [0.29, 0.717) is 9.79 Å². The molecule has 0 radical (unpaired) electrons. The number of aryl methyl sites for hydroxylation is 6. The maximum atomic E-state index is 15.2. The van der Waals surface area contributed by atoms with Gasteiger partial charge in [-0.15, -0.1) is 0 Å². The molecule has 0 bridgehead atoms. The van der Waals surface area contributed by atoms with E-state index in [4.69, 9.17) is 0 Å². The molecule has 1 aliphatic heterocycles. The summed E-state index contributed by atoms with van der Waals surface area (Å²) in [5.74, 6) is 0. The van der Waals surface area contributed by atoms with Gasteiger partial charge in [0.1, 0.15) is 0 Å². The Balaban J connectivity index is 1.44. The minimum absolute atomic E-state index is 0.442. The molecule has 3 aliphatic rings. The summed E-state index contributed by atoms with van der Waals surface area (Å²) in [6.07, 6.45) is 0. The van der Waals surface area contributed by atoms with Gasteiger partial charge in [-0.2, -0.15) is 0 Å². The monoisotopic (exact) mass is 626 g/mol. The molecule has 6 aromatic rings. The van der Waals surface area contributed by atoms with Crippen LogP contribution >= 0.6 is 0 Å². The van der Waals surface area contributed by atoms with Gasteiger partial charge in [0.25, 0.3) is 0 Å². The van der Waals surface area contributed by atoms with Crippen LogP contribution in [0.5, 0.6) is 0 Å². The molecule has 0 N–H and O–H groups in total. The Kier molecular flexibility index (Phi) is 5.73. The molecule has 2 aliphatic carbocycles. The molecule has 0 aromatic heterocycles. The van der Waals surface area contributed by atoms with Crippen molar-refractivity contribution in [2.24, 2.45) is 0 Å². The van der Waals surface area contributed by atoms with E-state index in [1.807, 2.05) is 12.1 Å². The second kappa shape index (κ2) is 9.53. The maximum absolute atomic E-state index is 15.2. The maximum Gasteiger partial charge on any atom is 0.209 e. The molecule has 228 valence electrons. The summed E-state index contributed by atoms with van der Waals surface area (Å²) in [4.78, 5) is 0.883. The van der Waals surface area contributed by atoms with Gasteiger partial charge in [-0.25, -0.2) is 8.42 Å². The number of hydrogen-bond donors (Lipinski definition) is 0. The summed E-state index contributed by atoms with van der Waals surface area (Å²) >= 11 is 0. The predicted molar refractivity (Wildman–Crippen MR) is 191 cm³/mol. The number of hydrogen-bond acceptors (Lipinski definition) is 2. The molecule has 1 heterocycles. The highest BCUT2D eigenvalue weighted by Crippen LogP contribution is 2.47. The van der Waals surface area contributed by atoms with Crippen LogP contribution in [-0.4, -0.2) is 8.42 Å². The van der Waals surface area contributed by atoms with Gasteiger partial charge in [0.2, 0.25) is 9.84 Å². The van der Waals surface area contributed by atoms with Gasteiger partial charge in [0, 0.05) is 21.6 Å². The van der Waals surface area contributed by atoms with Gasteiger partial charge in [-0.3, -0.25) is 0 Å². The van der Waals surface area contributed by atoms with Gasteiger partial charge < -0.3 is 0 Å². The number of sulfone groups is 1. The van der Waals surface area contributed by atoms with E-state index in [1.54, 1.807) is 0 Å². The van der Waals surface area contributed by atoms with Crippen LogP contribution in [0.25, 0.3) is 33.4 Å². The number of fused-ring (bicyclic) bond motifs is 10. The molecular formula is C44H34O2S. The molecule has 6 aromatic carbocycles. The molecule has 0 saturated carbocycles. The molecule has 0 fully saturated rings. The van der Waals surface area contributed by atoms with Crippen LogP contribution in [0.1, 0.15) is 55.6 Å². The van der Waals surface area contributed by atoms with E-state index < -0.39 is 9.84 Å². The van der Waals surface area contributed by atoms with Crippen LogP contribution in [0, 0.1) is 52.0 Å². The first-order valence-electron chi connectivity index (χ1n) is 16.3. The van der Waals surface area contributed by atoms with Crippen LogP contribution in [0.3, 0.4) is 0 Å². The minimum Gasteiger partial charge on any atom is -0.218 e. The lowest BCUT2D eigenvalue weighted by atomic mass is 9.90. The van der Waals surface area contributed by atoms with Crippen molar-refractivity contribution < 1.29 is 8.42 Å². The van der Waals surface area contributed by atoms with Gasteiger partial charge in [-0.1, -0.05) is 108 Å². The SMILES string of the molecule is Cc1cc(C)c(C2=c3ccc4c(c3-c3ccccc32)S(=O)(=O)c2c3c(ccc2=4)=C(c2c(C)cc(C)cc2C)c2ccccc2-3)c(C)c1. The summed E-state index contributed by atoms with van der Waals surface area (Å²) in [5.41, 5.74) is 17.7. The Morgan fingerprint density at radius 2 is 0.702 bits per heavy atom. The normalized spacial score (nSPS) is 14.4. The molecule has 0 unspecified atom stereocenters. The third kappa shape index (κ3) is 3.64. The zero-order valence-electron chi connectivity index (χ0n) is 27.5. The molecule has 0 amide bonds. The minimum atomic E-state index is -3.89. The lowest BCUT2D eigenvalue weighted by Gasteiger charge is -2.14. The molecule has 0 saturated heterocycles. The summed E-state index contributed by atoms with van der Waals surface area (Å²) in [5, 5.41) is 3.57. The van der Waals surface area contributed by atoms with E-state index in [0.717, 1.165) is 65.4 Å². The Morgan fingerprint density at radius 3 is 1.06 bits per heavy atom. The first-order valence-corrected chi connectivity index (χ1v) is 17.8. The molecule has 2 nitrogen and oxygen atoms in total. The van der Waals surface area contributed by atoms with E-state index in [9.17, 15) is 0 Å². The highest BCUT2D eigenvalue weighted by atomic mass is 32.2. The van der Waals surface area contributed by atoms with Crippen molar-refractivity contribution in [1.82, 2.24) is 0 Å². The van der Waals surface area contributed by atoms with Gasteiger partial charge in [0.05, 0.1) is 9.79 Å². The van der Waals surface area contributed by atoms with Gasteiger partial charge in [0.15, 0.2) is 0 Å². The average molecular weight is 627 g/mol. The van der Waals surface area contributed by atoms with Crippen molar-refractivity contribution in [2.45, 2.75) is 51.3 Å². The van der Waals surface area contributed by atoms with Gasteiger partial charge >= 0.3 is 0 Å². The Labute approximate surface area is 275 Å². The molecule has 9 rings (SSSR count). The molecular weight excluding hydrogens is 593 g/mol. The first kappa shape index (κ1) is 28.3. The van der Waals surface area contributed by atoms with E-state index in [2.05, 4.69) is 126 Å². The zero-order valence-corrected chi connectivity index (χ0v) is 28.3. The molecule has 0 spiro atoms. The zero-order chi connectivity index (χ0) is 32.5. The van der Waals surface area contributed by atoms with Crippen molar-refractivity contribution in [3.63, 3.8) is 0 Å². The van der Waals surface area contributed by atoms with E-state index >= 15 is 8.42 Å². The lowest BCUT2D eigenvalue weighted by molar-refractivity contribution is 0.598. The Hall–Kier alpha value is -4.99. The molecule has 0 atom stereocenters. The summed E-state index contributed by atoms with van der Waals surface area (Å²) in [6, 6.07) is 33.9. The summed E-state index contributed by atoms with van der Waals surface area (Å²) < 4.78 is 30.5. The van der Waals surface area contributed by atoms with E-state index in [1.165, 1.54) is 44.5 Å². The van der Waals surface area contributed by atoms with Crippen molar-refractivity contribution in [1.29, 1.82) is 0 Å². The largest absolute Gasteiger partial charge is 0.218 e. The van der Waals surface area contributed by atoms with Crippen LogP contribution in [0.15, 0.2) is 107 Å².